The molecule has 2 heterocycles. The molecule has 4 amide bonds. The third-order valence-corrected chi connectivity index (χ3v) is 4.19. The van der Waals surface area contributed by atoms with E-state index < -0.39 is 35.5 Å². The van der Waals surface area contributed by atoms with Gasteiger partial charge in [0.1, 0.15) is 11.8 Å². The maximum Gasteiger partial charge on any atom is 0.331 e. The number of nitrogens with zero attached hydrogens (tertiary/aromatic N) is 3. The standard InChI is InChI=1S/C16H15N3O4/c1-18-13-11(15(22)19(2)16(18)23)12(20)10(14(21)17-13)8-9-6-4-3-5-7-9/h3-7,10-11H,8H2,1-2H3. The Bertz CT molecular complexity index is 741. The molecule has 7 heteroatoms. The van der Waals surface area contributed by atoms with Crippen LogP contribution in [0.4, 0.5) is 4.79 Å². The number of ketones is 1. The van der Waals surface area contributed by atoms with Crippen molar-refractivity contribution >= 4 is 29.5 Å². The van der Waals surface area contributed by atoms with Crippen molar-refractivity contribution in [2.75, 3.05) is 14.1 Å². The van der Waals surface area contributed by atoms with Gasteiger partial charge in [0.2, 0.25) is 5.91 Å². The van der Waals surface area contributed by atoms with E-state index in [4.69, 9.17) is 0 Å². The van der Waals surface area contributed by atoms with Crippen LogP contribution in [-0.2, 0) is 20.8 Å². The Balaban J connectivity index is 1.97. The Morgan fingerprint density at radius 2 is 1.65 bits per heavy atom. The minimum Gasteiger partial charge on any atom is -0.297 e. The number of benzene rings is 1. The Labute approximate surface area is 132 Å². The van der Waals surface area contributed by atoms with E-state index in [0.29, 0.717) is 0 Å². The Kier molecular flexibility index (Phi) is 3.55. The number of amides is 4. The summed E-state index contributed by atoms with van der Waals surface area (Å²) in [7, 11) is 2.71. The van der Waals surface area contributed by atoms with E-state index in [1.165, 1.54) is 14.1 Å². The van der Waals surface area contributed by atoms with E-state index in [1.807, 2.05) is 30.3 Å². The summed E-state index contributed by atoms with van der Waals surface area (Å²) in [5, 5.41) is 0. The zero-order valence-corrected chi connectivity index (χ0v) is 12.7. The summed E-state index contributed by atoms with van der Waals surface area (Å²) >= 11 is 0. The normalized spacial score (nSPS) is 24.7. The maximum atomic E-state index is 12.7. The minimum absolute atomic E-state index is 0.0718. The molecule has 2 aliphatic heterocycles. The van der Waals surface area contributed by atoms with Crippen LogP contribution in [0.25, 0.3) is 0 Å². The first-order valence-electron chi connectivity index (χ1n) is 7.17. The van der Waals surface area contributed by atoms with Crippen LogP contribution in [0.15, 0.2) is 35.3 Å². The first-order chi connectivity index (χ1) is 10.9. The van der Waals surface area contributed by atoms with Crippen LogP contribution in [0.5, 0.6) is 0 Å². The first-order valence-corrected chi connectivity index (χ1v) is 7.17. The van der Waals surface area contributed by atoms with Crippen LogP contribution in [-0.4, -0.2) is 53.4 Å². The monoisotopic (exact) mass is 313 g/mol. The molecule has 0 radical (unpaired) electrons. The lowest BCUT2D eigenvalue weighted by Crippen LogP contribution is -2.62. The summed E-state index contributed by atoms with van der Waals surface area (Å²) in [6, 6.07) is 8.48. The van der Waals surface area contributed by atoms with Crippen LogP contribution in [0.1, 0.15) is 5.56 Å². The Morgan fingerprint density at radius 3 is 2.30 bits per heavy atom. The lowest BCUT2D eigenvalue weighted by molar-refractivity contribution is -0.141. The Morgan fingerprint density at radius 1 is 1.00 bits per heavy atom. The second kappa shape index (κ2) is 5.42. The molecule has 1 aromatic rings. The summed E-state index contributed by atoms with van der Waals surface area (Å²) in [6.45, 7) is 0. The highest BCUT2D eigenvalue weighted by molar-refractivity contribution is 6.33. The molecule has 23 heavy (non-hydrogen) atoms. The maximum absolute atomic E-state index is 12.7. The number of Topliss-reactive ketones (excluding diaryl/α,β-unsaturated/α-hetero) is 1. The third-order valence-electron chi connectivity index (χ3n) is 4.19. The average molecular weight is 313 g/mol. The van der Waals surface area contributed by atoms with Crippen LogP contribution in [0.2, 0.25) is 0 Å². The predicted molar refractivity (Wildman–Crippen MR) is 80.5 cm³/mol. The summed E-state index contributed by atoms with van der Waals surface area (Å²) in [4.78, 5) is 55.0. The number of amidine groups is 1. The van der Waals surface area contributed by atoms with Gasteiger partial charge in [0.05, 0.1) is 0 Å². The van der Waals surface area contributed by atoms with Crippen molar-refractivity contribution < 1.29 is 19.2 Å². The number of carbonyl (C=O) groups is 4. The van der Waals surface area contributed by atoms with Crippen LogP contribution >= 0.6 is 0 Å². The molecule has 1 fully saturated rings. The van der Waals surface area contributed by atoms with Gasteiger partial charge in [-0.25, -0.2) is 4.79 Å². The third kappa shape index (κ3) is 2.34. The fourth-order valence-electron chi connectivity index (χ4n) is 2.85. The number of hydrogen-bond donors (Lipinski definition) is 0. The summed E-state index contributed by atoms with van der Waals surface area (Å²) in [5.41, 5.74) is 0.818. The van der Waals surface area contributed by atoms with Crippen LogP contribution < -0.4 is 0 Å². The average Bonchev–Trinajstić information content (AvgIpc) is 2.55. The number of fused-ring (bicyclic) bond motifs is 1. The van der Waals surface area contributed by atoms with Crippen molar-refractivity contribution in [1.29, 1.82) is 0 Å². The van der Waals surface area contributed by atoms with Crippen molar-refractivity contribution in [3.05, 3.63) is 35.9 Å². The van der Waals surface area contributed by atoms with Gasteiger partial charge in [-0.3, -0.25) is 24.2 Å². The van der Waals surface area contributed by atoms with Crippen molar-refractivity contribution in [3.63, 3.8) is 0 Å². The number of rotatable bonds is 2. The molecule has 7 nitrogen and oxygen atoms in total. The quantitative estimate of drug-likeness (QED) is 0.744. The van der Waals surface area contributed by atoms with E-state index in [0.717, 1.165) is 15.4 Å². The molecule has 0 saturated carbocycles. The SMILES string of the molecule is CN1C(=O)C2C(=O)C(Cc3ccccc3)C(=O)N=C2N(C)C1=O. The van der Waals surface area contributed by atoms with Gasteiger partial charge in [-0.1, -0.05) is 30.3 Å². The zero-order chi connectivity index (χ0) is 16.7. The molecular formula is C16H15N3O4. The van der Waals surface area contributed by atoms with Gasteiger partial charge in [-0.2, -0.15) is 4.99 Å². The van der Waals surface area contributed by atoms with Crippen LogP contribution in [0.3, 0.4) is 0 Å². The molecule has 0 spiro atoms. The summed E-state index contributed by atoms with van der Waals surface area (Å²) < 4.78 is 0. The van der Waals surface area contributed by atoms with E-state index >= 15 is 0 Å². The number of urea groups is 1. The summed E-state index contributed by atoms with van der Waals surface area (Å²) in [5.74, 6) is -4.00. The molecule has 2 unspecified atom stereocenters. The molecule has 118 valence electrons. The minimum atomic E-state index is -1.19. The second-order valence-corrected chi connectivity index (χ2v) is 5.62. The summed E-state index contributed by atoms with van der Waals surface area (Å²) in [6.07, 6.45) is 0.195. The van der Waals surface area contributed by atoms with Gasteiger partial charge in [-0.15, -0.1) is 0 Å². The van der Waals surface area contributed by atoms with Crippen molar-refractivity contribution in [3.8, 4) is 0 Å². The molecule has 0 aromatic heterocycles. The number of hydrogen-bond acceptors (Lipinski definition) is 4. The van der Waals surface area contributed by atoms with Crippen LogP contribution in [0, 0.1) is 11.8 Å². The topological polar surface area (TPSA) is 87.1 Å². The number of imide groups is 1. The lowest BCUT2D eigenvalue weighted by atomic mass is 9.82. The smallest absolute Gasteiger partial charge is 0.297 e. The first kappa shape index (κ1) is 15.1. The van der Waals surface area contributed by atoms with Gasteiger partial charge in [0.25, 0.3) is 5.91 Å². The highest BCUT2D eigenvalue weighted by Crippen LogP contribution is 2.27. The molecule has 0 aliphatic carbocycles. The van der Waals surface area contributed by atoms with Gasteiger partial charge >= 0.3 is 6.03 Å². The molecule has 0 bridgehead atoms. The van der Waals surface area contributed by atoms with E-state index in [-0.39, 0.29) is 12.3 Å². The highest BCUT2D eigenvalue weighted by atomic mass is 16.2. The molecule has 2 atom stereocenters. The number of aliphatic imine (C=N–C) groups is 1. The fraction of sp³-hybridized carbons (Fsp3) is 0.312. The second-order valence-electron chi connectivity index (χ2n) is 5.62. The molecular weight excluding hydrogens is 298 g/mol. The lowest BCUT2D eigenvalue weighted by Gasteiger charge is -2.37. The fourth-order valence-corrected chi connectivity index (χ4v) is 2.85. The molecule has 0 N–H and O–H groups in total. The van der Waals surface area contributed by atoms with E-state index in [9.17, 15) is 19.2 Å². The largest absolute Gasteiger partial charge is 0.331 e. The molecule has 1 aromatic carbocycles. The van der Waals surface area contributed by atoms with Gasteiger partial charge in [0.15, 0.2) is 11.7 Å². The van der Waals surface area contributed by atoms with Gasteiger partial charge in [0, 0.05) is 14.1 Å². The van der Waals surface area contributed by atoms with Crippen molar-refractivity contribution in [1.82, 2.24) is 9.80 Å². The number of carbonyl (C=O) groups excluding carboxylic acids is 4. The zero-order valence-electron chi connectivity index (χ0n) is 12.7. The molecule has 3 rings (SSSR count). The van der Waals surface area contributed by atoms with E-state index in [1.54, 1.807) is 0 Å². The molecule has 2 aliphatic rings. The van der Waals surface area contributed by atoms with Gasteiger partial charge in [-0.05, 0) is 12.0 Å². The van der Waals surface area contributed by atoms with Crippen molar-refractivity contribution in [2.24, 2.45) is 16.8 Å². The van der Waals surface area contributed by atoms with Crippen molar-refractivity contribution in [2.45, 2.75) is 6.42 Å². The molecule has 1 saturated heterocycles. The Hall–Kier alpha value is -2.83. The predicted octanol–water partition coefficient (Wildman–Crippen LogP) is 0.493. The van der Waals surface area contributed by atoms with E-state index in [2.05, 4.69) is 4.99 Å². The van der Waals surface area contributed by atoms with Gasteiger partial charge < -0.3 is 0 Å². The highest BCUT2D eigenvalue weighted by Gasteiger charge is 2.51.